The van der Waals surface area contributed by atoms with Gasteiger partial charge in [-0.05, 0) is 24.7 Å². The van der Waals surface area contributed by atoms with Crippen molar-refractivity contribution in [2.45, 2.75) is 32.7 Å². The van der Waals surface area contributed by atoms with Crippen LogP contribution in [-0.4, -0.2) is 27.1 Å². The standard InChI is InChI=1S/C12H17N3O2/c1-7-3-4-9(8(7)2)14-11-6-13-5-10(15-11)12(16)17/h5-9H,3-4H2,1-2H3,(H,14,15)(H,16,17). The minimum absolute atomic E-state index is 0.0197. The average Bonchev–Trinajstić information content (AvgIpc) is 2.61. The number of rotatable bonds is 3. The van der Waals surface area contributed by atoms with Crippen LogP contribution in [0.15, 0.2) is 12.4 Å². The van der Waals surface area contributed by atoms with E-state index in [0.29, 0.717) is 23.7 Å². The zero-order valence-corrected chi connectivity index (χ0v) is 10.1. The molecule has 1 aromatic rings. The van der Waals surface area contributed by atoms with Crippen molar-refractivity contribution in [3.63, 3.8) is 0 Å². The van der Waals surface area contributed by atoms with Crippen LogP contribution >= 0.6 is 0 Å². The van der Waals surface area contributed by atoms with E-state index in [4.69, 9.17) is 5.11 Å². The van der Waals surface area contributed by atoms with Crippen LogP contribution in [-0.2, 0) is 0 Å². The highest BCUT2D eigenvalue weighted by Crippen LogP contribution is 2.32. The van der Waals surface area contributed by atoms with Gasteiger partial charge in [0, 0.05) is 6.04 Å². The van der Waals surface area contributed by atoms with Gasteiger partial charge in [0.25, 0.3) is 0 Å². The fraction of sp³-hybridized carbons (Fsp3) is 0.583. The molecule has 1 saturated carbocycles. The normalized spacial score (nSPS) is 28.0. The number of carboxylic acid groups (broad SMARTS) is 1. The molecule has 92 valence electrons. The molecule has 2 rings (SSSR count). The molecule has 0 amide bonds. The third-order valence-corrected chi connectivity index (χ3v) is 3.65. The molecular weight excluding hydrogens is 218 g/mol. The zero-order chi connectivity index (χ0) is 12.4. The predicted octanol–water partition coefficient (Wildman–Crippen LogP) is 2.02. The van der Waals surface area contributed by atoms with E-state index in [-0.39, 0.29) is 5.69 Å². The van der Waals surface area contributed by atoms with Crippen LogP contribution in [0.2, 0.25) is 0 Å². The van der Waals surface area contributed by atoms with E-state index in [0.717, 1.165) is 6.42 Å². The smallest absolute Gasteiger partial charge is 0.356 e. The van der Waals surface area contributed by atoms with E-state index in [9.17, 15) is 4.79 Å². The van der Waals surface area contributed by atoms with Crippen molar-refractivity contribution >= 4 is 11.8 Å². The van der Waals surface area contributed by atoms with Gasteiger partial charge in [0.15, 0.2) is 5.69 Å². The maximum atomic E-state index is 10.8. The number of hydrogen-bond donors (Lipinski definition) is 2. The van der Waals surface area contributed by atoms with Crippen LogP contribution in [0.3, 0.4) is 0 Å². The van der Waals surface area contributed by atoms with E-state index in [1.807, 2.05) is 0 Å². The molecule has 5 heteroatoms. The van der Waals surface area contributed by atoms with Gasteiger partial charge < -0.3 is 10.4 Å². The molecule has 5 nitrogen and oxygen atoms in total. The summed E-state index contributed by atoms with van der Waals surface area (Å²) in [5.74, 6) is 0.776. The number of carboxylic acids is 1. The third kappa shape index (κ3) is 2.54. The van der Waals surface area contributed by atoms with Gasteiger partial charge in [-0.15, -0.1) is 0 Å². The zero-order valence-electron chi connectivity index (χ0n) is 10.1. The van der Waals surface area contributed by atoms with Crippen molar-refractivity contribution in [1.29, 1.82) is 0 Å². The van der Waals surface area contributed by atoms with Gasteiger partial charge in [-0.3, -0.25) is 4.98 Å². The van der Waals surface area contributed by atoms with Crippen molar-refractivity contribution in [2.24, 2.45) is 11.8 Å². The molecule has 2 N–H and O–H groups in total. The molecule has 0 saturated heterocycles. The first kappa shape index (κ1) is 11.8. The topological polar surface area (TPSA) is 75.1 Å². The molecule has 0 radical (unpaired) electrons. The number of aromatic carboxylic acids is 1. The third-order valence-electron chi connectivity index (χ3n) is 3.65. The van der Waals surface area contributed by atoms with Gasteiger partial charge in [0.2, 0.25) is 0 Å². The summed E-state index contributed by atoms with van der Waals surface area (Å²) in [4.78, 5) is 18.7. The quantitative estimate of drug-likeness (QED) is 0.838. The van der Waals surface area contributed by atoms with E-state index in [1.54, 1.807) is 6.20 Å². The molecule has 0 spiro atoms. The number of nitrogens with zero attached hydrogens (tertiary/aromatic N) is 2. The molecule has 1 aromatic heterocycles. The number of carbonyl (C=O) groups is 1. The minimum Gasteiger partial charge on any atom is -0.476 e. The Morgan fingerprint density at radius 3 is 2.76 bits per heavy atom. The number of hydrogen-bond acceptors (Lipinski definition) is 4. The first-order valence-electron chi connectivity index (χ1n) is 5.90. The summed E-state index contributed by atoms with van der Waals surface area (Å²) >= 11 is 0. The lowest BCUT2D eigenvalue weighted by Gasteiger charge is -2.19. The fourth-order valence-corrected chi connectivity index (χ4v) is 2.30. The highest BCUT2D eigenvalue weighted by atomic mass is 16.4. The minimum atomic E-state index is -1.05. The summed E-state index contributed by atoms with van der Waals surface area (Å²) < 4.78 is 0. The largest absolute Gasteiger partial charge is 0.476 e. The highest BCUT2D eigenvalue weighted by Gasteiger charge is 2.29. The van der Waals surface area contributed by atoms with E-state index >= 15 is 0 Å². The first-order chi connectivity index (χ1) is 8.08. The summed E-state index contributed by atoms with van der Waals surface area (Å²) in [5.41, 5.74) is -0.0197. The maximum Gasteiger partial charge on any atom is 0.356 e. The average molecular weight is 235 g/mol. The van der Waals surface area contributed by atoms with Crippen LogP contribution in [0.5, 0.6) is 0 Å². The van der Waals surface area contributed by atoms with E-state index < -0.39 is 5.97 Å². The Hall–Kier alpha value is -1.65. The molecular formula is C12H17N3O2. The number of nitrogens with one attached hydrogen (secondary N) is 1. The molecule has 1 aliphatic carbocycles. The maximum absolute atomic E-state index is 10.8. The van der Waals surface area contributed by atoms with Crippen LogP contribution in [0.1, 0.15) is 37.2 Å². The van der Waals surface area contributed by atoms with Gasteiger partial charge in [-0.2, -0.15) is 0 Å². The Balaban J connectivity index is 2.08. The molecule has 3 unspecified atom stereocenters. The fourth-order valence-electron chi connectivity index (χ4n) is 2.30. The second-order valence-corrected chi connectivity index (χ2v) is 4.76. The van der Waals surface area contributed by atoms with Crippen molar-refractivity contribution in [3.8, 4) is 0 Å². The van der Waals surface area contributed by atoms with Gasteiger partial charge in [0.1, 0.15) is 5.82 Å². The molecule has 0 aliphatic heterocycles. The molecule has 0 bridgehead atoms. The Bertz CT molecular complexity index is 422. The van der Waals surface area contributed by atoms with Gasteiger partial charge in [-0.1, -0.05) is 13.8 Å². The van der Waals surface area contributed by atoms with Gasteiger partial charge >= 0.3 is 5.97 Å². The van der Waals surface area contributed by atoms with Crippen LogP contribution in [0.25, 0.3) is 0 Å². The van der Waals surface area contributed by atoms with Crippen LogP contribution in [0.4, 0.5) is 5.82 Å². The lowest BCUT2D eigenvalue weighted by molar-refractivity contribution is 0.0690. The van der Waals surface area contributed by atoms with Gasteiger partial charge in [0.05, 0.1) is 12.4 Å². The Labute approximate surface area is 100 Å². The lowest BCUT2D eigenvalue weighted by atomic mass is 9.98. The van der Waals surface area contributed by atoms with Crippen LogP contribution < -0.4 is 5.32 Å². The molecule has 1 aliphatic rings. The summed E-state index contributed by atoms with van der Waals surface area (Å²) in [7, 11) is 0. The summed E-state index contributed by atoms with van der Waals surface area (Å²) in [6.45, 7) is 4.45. The summed E-state index contributed by atoms with van der Waals surface area (Å²) in [6.07, 6.45) is 5.13. The second-order valence-electron chi connectivity index (χ2n) is 4.76. The Kier molecular flexibility index (Phi) is 3.26. The predicted molar refractivity (Wildman–Crippen MR) is 64.0 cm³/mol. The van der Waals surface area contributed by atoms with Crippen molar-refractivity contribution in [3.05, 3.63) is 18.1 Å². The monoisotopic (exact) mass is 235 g/mol. The molecule has 3 atom stereocenters. The number of anilines is 1. The lowest BCUT2D eigenvalue weighted by Crippen LogP contribution is -2.25. The van der Waals surface area contributed by atoms with E-state index in [1.165, 1.54) is 12.6 Å². The summed E-state index contributed by atoms with van der Waals surface area (Å²) in [5, 5.41) is 12.1. The van der Waals surface area contributed by atoms with Gasteiger partial charge in [-0.25, -0.2) is 9.78 Å². The molecule has 0 aromatic carbocycles. The Morgan fingerprint density at radius 1 is 1.41 bits per heavy atom. The Morgan fingerprint density at radius 2 is 2.18 bits per heavy atom. The van der Waals surface area contributed by atoms with Crippen molar-refractivity contribution in [2.75, 3.05) is 5.32 Å². The molecule has 1 fully saturated rings. The van der Waals surface area contributed by atoms with Crippen molar-refractivity contribution < 1.29 is 9.90 Å². The first-order valence-corrected chi connectivity index (χ1v) is 5.90. The van der Waals surface area contributed by atoms with E-state index in [2.05, 4.69) is 29.1 Å². The second kappa shape index (κ2) is 4.69. The molecule has 17 heavy (non-hydrogen) atoms. The summed E-state index contributed by atoms with van der Waals surface area (Å²) in [6, 6.07) is 0.364. The highest BCUT2D eigenvalue weighted by molar-refractivity contribution is 5.85. The van der Waals surface area contributed by atoms with Crippen LogP contribution in [0, 0.1) is 11.8 Å². The molecule has 1 heterocycles. The van der Waals surface area contributed by atoms with Crippen molar-refractivity contribution in [1.82, 2.24) is 9.97 Å². The SMILES string of the molecule is CC1CCC(Nc2cncc(C(=O)O)n2)C1C. The number of aromatic nitrogens is 2.